The van der Waals surface area contributed by atoms with Crippen molar-refractivity contribution in [3.63, 3.8) is 0 Å². The molecule has 3 heterocycles. The Hall–Kier alpha value is -2.41. The number of anilines is 1. The average molecular weight is 329 g/mol. The van der Waals surface area contributed by atoms with Gasteiger partial charge in [0.05, 0.1) is 13.2 Å². The van der Waals surface area contributed by atoms with Crippen LogP contribution in [0.15, 0.2) is 24.4 Å². The minimum atomic E-state index is -0.185. The number of amides is 1. The number of hydrogen-bond donors (Lipinski definition) is 2. The maximum atomic E-state index is 12.1. The molecule has 128 valence electrons. The smallest absolute Gasteiger partial charge is 0.272 e. The molecule has 0 atom stereocenters. The van der Waals surface area contributed by atoms with E-state index < -0.39 is 0 Å². The zero-order valence-electron chi connectivity index (χ0n) is 14.1. The van der Waals surface area contributed by atoms with Gasteiger partial charge in [0, 0.05) is 31.5 Å². The Labute approximate surface area is 141 Å². The van der Waals surface area contributed by atoms with E-state index in [0.717, 1.165) is 43.4 Å². The molecule has 2 aromatic rings. The summed E-state index contributed by atoms with van der Waals surface area (Å²) in [6.45, 7) is 7.73. The lowest BCUT2D eigenvalue weighted by Gasteiger charge is -2.27. The summed E-state index contributed by atoms with van der Waals surface area (Å²) in [5.41, 5.74) is 2.33. The molecule has 7 heteroatoms. The van der Waals surface area contributed by atoms with Crippen molar-refractivity contribution in [1.82, 2.24) is 20.5 Å². The van der Waals surface area contributed by atoms with E-state index in [1.807, 2.05) is 12.1 Å². The Morgan fingerprint density at radius 2 is 2.17 bits per heavy atom. The van der Waals surface area contributed by atoms with E-state index in [-0.39, 0.29) is 5.91 Å². The molecule has 0 aromatic carbocycles. The summed E-state index contributed by atoms with van der Waals surface area (Å²) in [4.78, 5) is 18.8. The van der Waals surface area contributed by atoms with E-state index >= 15 is 0 Å². The zero-order chi connectivity index (χ0) is 16.9. The summed E-state index contributed by atoms with van der Waals surface area (Å²) in [6.07, 6.45) is 1.80. The molecule has 7 nitrogen and oxygen atoms in total. The number of nitrogens with zero attached hydrogens (tertiary/aromatic N) is 3. The highest BCUT2D eigenvalue weighted by Gasteiger charge is 2.13. The molecule has 3 rings (SSSR count). The Kier molecular flexibility index (Phi) is 5.10. The summed E-state index contributed by atoms with van der Waals surface area (Å²) < 4.78 is 5.34. The molecule has 1 aliphatic heterocycles. The fourth-order valence-electron chi connectivity index (χ4n) is 2.52. The number of aromatic amines is 1. The second-order valence-corrected chi connectivity index (χ2v) is 6.17. The maximum absolute atomic E-state index is 12.1. The first-order valence-corrected chi connectivity index (χ1v) is 8.24. The fraction of sp³-hybridized carbons (Fsp3) is 0.471. The number of rotatable bonds is 5. The van der Waals surface area contributed by atoms with E-state index in [0.29, 0.717) is 18.2 Å². The third kappa shape index (κ3) is 3.91. The minimum Gasteiger partial charge on any atom is -0.378 e. The normalized spacial score (nSPS) is 14.9. The third-order valence-electron chi connectivity index (χ3n) is 4.05. The molecule has 1 aliphatic rings. The van der Waals surface area contributed by atoms with Gasteiger partial charge in [-0.1, -0.05) is 19.9 Å². The second-order valence-electron chi connectivity index (χ2n) is 6.17. The Morgan fingerprint density at radius 3 is 2.79 bits per heavy atom. The number of carbonyl (C=O) groups excluding carboxylic acids is 1. The molecule has 1 saturated heterocycles. The summed E-state index contributed by atoms with van der Waals surface area (Å²) in [7, 11) is 0. The van der Waals surface area contributed by atoms with Gasteiger partial charge in [0.15, 0.2) is 0 Å². The van der Waals surface area contributed by atoms with E-state index in [1.54, 1.807) is 12.3 Å². The van der Waals surface area contributed by atoms with Gasteiger partial charge in [-0.15, -0.1) is 0 Å². The first-order chi connectivity index (χ1) is 11.6. The van der Waals surface area contributed by atoms with Crippen LogP contribution in [0.1, 0.15) is 41.5 Å². The summed E-state index contributed by atoms with van der Waals surface area (Å²) in [5, 5.41) is 9.81. The van der Waals surface area contributed by atoms with Gasteiger partial charge in [-0.05, 0) is 23.6 Å². The topological polar surface area (TPSA) is 83.1 Å². The largest absolute Gasteiger partial charge is 0.378 e. The lowest BCUT2D eigenvalue weighted by Crippen LogP contribution is -2.36. The van der Waals surface area contributed by atoms with E-state index in [1.165, 1.54) is 0 Å². The quantitative estimate of drug-likeness (QED) is 0.872. The summed E-state index contributed by atoms with van der Waals surface area (Å²) in [5.74, 6) is 1.08. The number of carbonyl (C=O) groups is 1. The van der Waals surface area contributed by atoms with Crippen molar-refractivity contribution < 1.29 is 9.53 Å². The Morgan fingerprint density at radius 1 is 1.38 bits per heavy atom. The van der Waals surface area contributed by atoms with Gasteiger partial charge in [0.2, 0.25) is 0 Å². The maximum Gasteiger partial charge on any atom is 0.272 e. The first kappa shape index (κ1) is 16.4. The van der Waals surface area contributed by atoms with Crippen molar-refractivity contribution in [2.24, 2.45) is 0 Å². The van der Waals surface area contributed by atoms with Crippen molar-refractivity contribution in [3.8, 4) is 0 Å². The van der Waals surface area contributed by atoms with Crippen LogP contribution in [0.5, 0.6) is 0 Å². The summed E-state index contributed by atoms with van der Waals surface area (Å²) in [6, 6.07) is 5.76. The van der Waals surface area contributed by atoms with Crippen LogP contribution in [0.25, 0.3) is 0 Å². The number of H-pyrrole nitrogens is 1. The van der Waals surface area contributed by atoms with Crippen molar-refractivity contribution in [3.05, 3.63) is 41.3 Å². The molecule has 0 aliphatic carbocycles. The molecule has 24 heavy (non-hydrogen) atoms. The molecule has 1 amide bonds. The number of morpholine rings is 1. The lowest BCUT2D eigenvalue weighted by atomic mass is 10.1. The molecule has 0 spiro atoms. The number of aromatic nitrogens is 3. The van der Waals surface area contributed by atoms with Crippen molar-refractivity contribution >= 4 is 11.7 Å². The fourth-order valence-corrected chi connectivity index (χ4v) is 2.52. The zero-order valence-corrected chi connectivity index (χ0v) is 14.1. The highest BCUT2D eigenvalue weighted by molar-refractivity contribution is 5.92. The molecule has 2 aromatic heterocycles. The van der Waals surface area contributed by atoms with Gasteiger partial charge in [0.1, 0.15) is 11.5 Å². The van der Waals surface area contributed by atoms with Crippen LogP contribution < -0.4 is 10.2 Å². The summed E-state index contributed by atoms with van der Waals surface area (Å²) >= 11 is 0. The SMILES string of the molecule is CC(C)c1cc(C(=O)NCc2ccc(N3CCOCC3)nc2)n[nH]1. The highest BCUT2D eigenvalue weighted by atomic mass is 16.5. The lowest BCUT2D eigenvalue weighted by molar-refractivity contribution is 0.0946. The number of ether oxygens (including phenoxy) is 1. The van der Waals surface area contributed by atoms with Gasteiger partial charge < -0.3 is 15.0 Å². The monoisotopic (exact) mass is 329 g/mol. The average Bonchev–Trinajstić information content (AvgIpc) is 3.11. The van der Waals surface area contributed by atoms with Gasteiger partial charge >= 0.3 is 0 Å². The van der Waals surface area contributed by atoms with Crippen LogP contribution in [0.3, 0.4) is 0 Å². The number of pyridine rings is 1. The molecule has 0 radical (unpaired) electrons. The van der Waals surface area contributed by atoms with Crippen LogP contribution in [-0.2, 0) is 11.3 Å². The molecule has 2 N–H and O–H groups in total. The molecule has 0 unspecified atom stereocenters. The Balaban J connectivity index is 1.54. The minimum absolute atomic E-state index is 0.185. The van der Waals surface area contributed by atoms with Crippen molar-refractivity contribution in [2.75, 3.05) is 31.2 Å². The van der Waals surface area contributed by atoms with E-state index in [9.17, 15) is 4.79 Å². The van der Waals surface area contributed by atoms with E-state index in [2.05, 4.69) is 39.2 Å². The molecule has 1 fully saturated rings. The van der Waals surface area contributed by atoms with Gasteiger partial charge in [-0.2, -0.15) is 5.10 Å². The van der Waals surface area contributed by atoms with Crippen LogP contribution in [-0.4, -0.2) is 47.4 Å². The predicted molar refractivity (Wildman–Crippen MR) is 91.1 cm³/mol. The van der Waals surface area contributed by atoms with Crippen molar-refractivity contribution in [1.29, 1.82) is 0 Å². The Bertz CT molecular complexity index is 675. The first-order valence-electron chi connectivity index (χ1n) is 8.24. The van der Waals surface area contributed by atoms with Crippen LogP contribution >= 0.6 is 0 Å². The highest BCUT2D eigenvalue weighted by Crippen LogP contribution is 2.14. The van der Waals surface area contributed by atoms with Gasteiger partial charge in [-0.25, -0.2) is 4.98 Å². The van der Waals surface area contributed by atoms with E-state index in [4.69, 9.17) is 4.74 Å². The van der Waals surface area contributed by atoms with Crippen LogP contribution in [0.4, 0.5) is 5.82 Å². The second kappa shape index (κ2) is 7.44. The van der Waals surface area contributed by atoms with Gasteiger partial charge in [0.25, 0.3) is 5.91 Å². The van der Waals surface area contributed by atoms with Crippen LogP contribution in [0.2, 0.25) is 0 Å². The van der Waals surface area contributed by atoms with Crippen molar-refractivity contribution in [2.45, 2.75) is 26.3 Å². The molecule has 0 bridgehead atoms. The number of nitrogens with one attached hydrogen (secondary N) is 2. The van der Waals surface area contributed by atoms with Gasteiger partial charge in [-0.3, -0.25) is 9.89 Å². The van der Waals surface area contributed by atoms with Crippen LogP contribution in [0, 0.1) is 0 Å². The molecule has 0 saturated carbocycles. The molecular formula is C17H23N5O2. The predicted octanol–water partition coefficient (Wildman–Crippen LogP) is 1.69. The molecular weight excluding hydrogens is 306 g/mol. The standard InChI is InChI=1S/C17H23N5O2/c1-12(2)14-9-15(21-20-14)17(23)19-11-13-3-4-16(18-10-13)22-5-7-24-8-6-22/h3-4,9-10,12H,5-8,11H2,1-2H3,(H,19,23)(H,20,21). The number of hydrogen-bond acceptors (Lipinski definition) is 5. The third-order valence-corrected chi connectivity index (χ3v) is 4.05.